The van der Waals surface area contributed by atoms with Crippen LogP contribution >= 0.6 is 0 Å². The third-order valence-electron chi connectivity index (χ3n) is 5.92. The summed E-state index contributed by atoms with van der Waals surface area (Å²) in [5.41, 5.74) is 2.86. The number of likely N-dealkylation sites (tertiary alicyclic amines) is 1. The van der Waals surface area contributed by atoms with Gasteiger partial charge in [0.05, 0.1) is 24.2 Å². The van der Waals surface area contributed by atoms with E-state index in [1.807, 2.05) is 53.4 Å². The van der Waals surface area contributed by atoms with Crippen LogP contribution in [0.15, 0.2) is 48.5 Å². The number of aromatic amines is 1. The highest BCUT2D eigenvalue weighted by atomic mass is 16.5. The van der Waals surface area contributed by atoms with E-state index in [1.54, 1.807) is 14.0 Å². The number of para-hydroxylation sites is 2. The first-order chi connectivity index (χ1) is 15.5. The highest BCUT2D eigenvalue weighted by molar-refractivity contribution is 5.77. The van der Waals surface area contributed by atoms with Gasteiger partial charge in [0.1, 0.15) is 11.6 Å². The average Bonchev–Trinajstić information content (AvgIpc) is 3.24. The summed E-state index contributed by atoms with van der Waals surface area (Å²) in [7, 11) is 1.64. The Bertz CT molecular complexity index is 1040. The van der Waals surface area contributed by atoms with Crippen LogP contribution in [-0.2, 0) is 11.2 Å². The first-order valence-corrected chi connectivity index (χ1v) is 10.9. The van der Waals surface area contributed by atoms with E-state index >= 15 is 0 Å². The molecule has 0 bridgehead atoms. The van der Waals surface area contributed by atoms with Crippen LogP contribution in [-0.4, -0.2) is 53.0 Å². The fraction of sp³-hybridized carbons (Fsp3) is 0.375. The molecule has 3 N–H and O–H groups in total. The van der Waals surface area contributed by atoms with E-state index < -0.39 is 0 Å². The van der Waals surface area contributed by atoms with Crippen molar-refractivity contribution >= 4 is 23.0 Å². The zero-order valence-electron chi connectivity index (χ0n) is 18.4. The molecule has 1 aliphatic rings. The molecule has 8 nitrogen and oxygen atoms in total. The summed E-state index contributed by atoms with van der Waals surface area (Å²) in [6, 6.07) is 15.1. The normalized spacial score (nSPS) is 15.4. The van der Waals surface area contributed by atoms with E-state index in [9.17, 15) is 9.59 Å². The summed E-state index contributed by atoms with van der Waals surface area (Å²) in [5, 5.41) is 6.16. The van der Waals surface area contributed by atoms with Crippen LogP contribution < -0.4 is 15.4 Å². The van der Waals surface area contributed by atoms with Crippen molar-refractivity contribution < 1.29 is 14.3 Å². The highest BCUT2D eigenvalue weighted by Crippen LogP contribution is 2.21. The first kappa shape index (κ1) is 21.7. The number of ether oxygens (including phenoxy) is 1. The van der Waals surface area contributed by atoms with Gasteiger partial charge in [-0.05, 0) is 49.1 Å². The van der Waals surface area contributed by atoms with E-state index in [-0.39, 0.29) is 24.0 Å². The molecular formula is C24H29N5O3. The van der Waals surface area contributed by atoms with Gasteiger partial charge in [-0.25, -0.2) is 9.78 Å². The molecule has 168 valence electrons. The molecule has 0 saturated carbocycles. The van der Waals surface area contributed by atoms with Gasteiger partial charge in [0.2, 0.25) is 5.91 Å². The van der Waals surface area contributed by atoms with Gasteiger partial charge in [-0.1, -0.05) is 24.3 Å². The van der Waals surface area contributed by atoms with Crippen molar-refractivity contribution in [2.45, 2.75) is 38.3 Å². The summed E-state index contributed by atoms with van der Waals surface area (Å²) in [4.78, 5) is 34.2. The zero-order valence-corrected chi connectivity index (χ0v) is 18.4. The third-order valence-corrected chi connectivity index (χ3v) is 5.92. The van der Waals surface area contributed by atoms with E-state index in [2.05, 4.69) is 15.6 Å². The second-order valence-corrected chi connectivity index (χ2v) is 8.14. The fourth-order valence-corrected chi connectivity index (χ4v) is 4.07. The summed E-state index contributed by atoms with van der Waals surface area (Å²) < 4.78 is 5.25. The Morgan fingerprint density at radius 3 is 2.53 bits per heavy atom. The molecule has 32 heavy (non-hydrogen) atoms. The number of amides is 3. The number of hydrogen-bond acceptors (Lipinski definition) is 4. The summed E-state index contributed by atoms with van der Waals surface area (Å²) in [5.74, 6) is 1.58. The molecule has 3 amide bonds. The van der Waals surface area contributed by atoms with Gasteiger partial charge in [-0.2, -0.15) is 0 Å². The van der Waals surface area contributed by atoms with Crippen molar-refractivity contribution in [3.63, 3.8) is 0 Å². The SMILES string of the molecule is COc1ccc(CC(NC(=O)NC2CCN(C(C)=O)CC2)c2nc3ccccc3[nH]2)cc1. The standard InChI is InChI=1S/C24H29N5O3/c1-16(30)29-13-11-18(12-14-29)25-24(31)28-22(15-17-7-9-19(32-2)10-8-17)23-26-20-5-3-4-6-21(20)27-23/h3-10,18,22H,11-15H2,1-2H3,(H,26,27)(H2,25,28,31). The minimum Gasteiger partial charge on any atom is -0.497 e. The highest BCUT2D eigenvalue weighted by Gasteiger charge is 2.24. The lowest BCUT2D eigenvalue weighted by Gasteiger charge is -2.32. The van der Waals surface area contributed by atoms with Gasteiger partial charge in [-0.3, -0.25) is 4.79 Å². The largest absolute Gasteiger partial charge is 0.497 e. The summed E-state index contributed by atoms with van der Waals surface area (Å²) in [6.07, 6.45) is 2.08. The van der Waals surface area contributed by atoms with Crippen LogP contribution in [0.5, 0.6) is 5.75 Å². The quantitative estimate of drug-likeness (QED) is 0.554. The maximum Gasteiger partial charge on any atom is 0.315 e. The van der Waals surface area contributed by atoms with Gasteiger partial charge >= 0.3 is 6.03 Å². The molecule has 1 unspecified atom stereocenters. The van der Waals surface area contributed by atoms with Crippen LogP contribution in [0, 0.1) is 0 Å². The van der Waals surface area contributed by atoms with Crippen LogP contribution in [0.4, 0.5) is 4.79 Å². The predicted molar refractivity (Wildman–Crippen MR) is 122 cm³/mol. The minimum absolute atomic E-state index is 0.0444. The number of rotatable bonds is 6. The zero-order chi connectivity index (χ0) is 22.5. The Hall–Kier alpha value is -3.55. The Morgan fingerprint density at radius 2 is 1.88 bits per heavy atom. The number of nitrogens with zero attached hydrogens (tertiary/aromatic N) is 2. The van der Waals surface area contributed by atoms with Crippen LogP contribution in [0.3, 0.4) is 0 Å². The molecule has 3 aromatic rings. The molecule has 1 aliphatic heterocycles. The summed E-state index contributed by atoms with van der Waals surface area (Å²) >= 11 is 0. The van der Waals surface area contributed by atoms with Crippen molar-refractivity contribution in [3.05, 3.63) is 59.9 Å². The molecule has 1 atom stereocenters. The van der Waals surface area contributed by atoms with Crippen molar-refractivity contribution in [1.82, 2.24) is 25.5 Å². The number of fused-ring (bicyclic) bond motifs is 1. The second kappa shape index (κ2) is 9.72. The van der Waals surface area contributed by atoms with Gasteiger partial charge in [0, 0.05) is 26.1 Å². The molecule has 0 radical (unpaired) electrons. The second-order valence-electron chi connectivity index (χ2n) is 8.14. The molecule has 2 heterocycles. The number of piperidine rings is 1. The maximum absolute atomic E-state index is 12.9. The third kappa shape index (κ3) is 5.19. The number of nitrogens with one attached hydrogen (secondary N) is 3. The maximum atomic E-state index is 12.9. The summed E-state index contributed by atoms with van der Waals surface area (Å²) in [6.45, 7) is 2.91. The van der Waals surface area contributed by atoms with Gasteiger partial charge < -0.3 is 25.3 Å². The molecule has 8 heteroatoms. The number of H-pyrrole nitrogens is 1. The molecule has 0 aliphatic carbocycles. The Balaban J connectivity index is 1.47. The van der Waals surface area contributed by atoms with Crippen molar-refractivity contribution in [1.29, 1.82) is 0 Å². The number of urea groups is 1. The van der Waals surface area contributed by atoms with E-state index in [4.69, 9.17) is 9.72 Å². The molecular weight excluding hydrogens is 406 g/mol. The van der Waals surface area contributed by atoms with Crippen molar-refractivity contribution in [2.75, 3.05) is 20.2 Å². The number of benzene rings is 2. The molecule has 2 aromatic carbocycles. The fourth-order valence-electron chi connectivity index (χ4n) is 4.07. The molecule has 1 aromatic heterocycles. The molecule has 1 fully saturated rings. The molecule has 0 spiro atoms. The number of hydrogen-bond donors (Lipinski definition) is 3. The first-order valence-electron chi connectivity index (χ1n) is 10.9. The van der Waals surface area contributed by atoms with Crippen LogP contribution in [0.2, 0.25) is 0 Å². The van der Waals surface area contributed by atoms with E-state index in [1.165, 1.54) is 0 Å². The number of methoxy groups -OCH3 is 1. The lowest BCUT2D eigenvalue weighted by Crippen LogP contribution is -2.49. The lowest BCUT2D eigenvalue weighted by atomic mass is 10.0. The van der Waals surface area contributed by atoms with E-state index in [0.29, 0.717) is 25.3 Å². The molecule has 4 rings (SSSR count). The van der Waals surface area contributed by atoms with Crippen molar-refractivity contribution in [2.24, 2.45) is 0 Å². The Labute approximate surface area is 187 Å². The Kier molecular flexibility index (Phi) is 6.58. The van der Waals surface area contributed by atoms with Gasteiger partial charge in [0.15, 0.2) is 0 Å². The number of aromatic nitrogens is 2. The van der Waals surface area contributed by atoms with E-state index in [0.717, 1.165) is 35.2 Å². The monoisotopic (exact) mass is 435 g/mol. The van der Waals surface area contributed by atoms with Gasteiger partial charge in [0.25, 0.3) is 0 Å². The van der Waals surface area contributed by atoms with Crippen molar-refractivity contribution in [3.8, 4) is 5.75 Å². The molecule has 1 saturated heterocycles. The minimum atomic E-state index is -0.326. The topological polar surface area (TPSA) is 99.3 Å². The predicted octanol–water partition coefficient (Wildman–Crippen LogP) is 3.17. The van der Waals surface area contributed by atoms with Gasteiger partial charge in [-0.15, -0.1) is 0 Å². The van der Waals surface area contributed by atoms with Crippen LogP contribution in [0.25, 0.3) is 11.0 Å². The Morgan fingerprint density at radius 1 is 1.16 bits per heavy atom. The van der Waals surface area contributed by atoms with Crippen LogP contribution in [0.1, 0.15) is 37.2 Å². The lowest BCUT2D eigenvalue weighted by molar-refractivity contribution is -0.129. The smallest absolute Gasteiger partial charge is 0.315 e. The average molecular weight is 436 g/mol. The number of imidazole rings is 1. The number of carbonyl (C=O) groups excluding carboxylic acids is 2. The number of carbonyl (C=O) groups is 2.